The van der Waals surface area contributed by atoms with Gasteiger partial charge in [-0.1, -0.05) is 6.07 Å². The molecule has 0 aliphatic rings. The van der Waals surface area contributed by atoms with Gasteiger partial charge in [0.15, 0.2) is 11.5 Å². The largest absolute Gasteiger partial charge is 0.496 e. The molecule has 0 unspecified atom stereocenters. The predicted octanol–water partition coefficient (Wildman–Crippen LogP) is 2.75. The summed E-state index contributed by atoms with van der Waals surface area (Å²) in [5.74, 6) is 1.48. The van der Waals surface area contributed by atoms with Gasteiger partial charge in [0.25, 0.3) is 0 Å². The molecule has 0 bridgehead atoms. The molecular weight excluding hydrogens is 285 g/mol. The molecule has 0 saturated carbocycles. The van der Waals surface area contributed by atoms with E-state index in [0.717, 1.165) is 0 Å². The number of ether oxygens (including phenoxy) is 1. The van der Waals surface area contributed by atoms with Crippen LogP contribution in [-0.4, -0.2) is 26.9 Å². The van der Waals surface area contributed by atoms with Gasteiger partial charge in [0.2, 0.25) is 0 Å². The summed E-state index contributed by atoms with van der Waals surface area (Å²) in [4.78, 5) is 0. The van der Waals surface area contributed by atoms with Gasteiger partial charge >= 0.3 is 0 Å². The summed E-state index contributed by atoms with van der Waals surface area (Å²) in [7, 11) is 1.52. The van der Waals surface area contributed by atoms with Gasteiger partial charge in [-0.05, 0) is 38.1 Å². The maximum atomic E-state index is 14.1. The Morgan fingerprint density at radius 2 is 2.05 bits per heavy atom. The van der Waals surface area contributed by atoms with Crippen molar-refractivity contribution in [2.75, 3.05) is 12.4 Å². The SMILES string of the molecule is COc1cccc(F)c1[C@@H](C)Nc1ccc2nnc(C)n2n1. The quantitative estimate of drug-likeness (QED) is 0.802. The second-order valence-electron chi connectivity index (χ2n) is 4.96. The minimum atomic E-state index is -0.319. The highest BCUT2D eigenvalue weighted by molar-refractivity contribution is 5.47. The van der Waals surface area contributed by atoms with Crippen molar-refractivity contribution >= 4 is 11.5 Å². The first kappa shape index (κ1) is 14.2. The number of aromatic nitrogens is 4. The third-order valence-corrected chi connectivity index (χ3v) is 3.45. The van der Waals surface area contributed by atoms with E-state index in [1.807, 2.05) is 13.8 Å². The van der Waals surface area contributed by atoms with E-state index in [2.05, 4.69) is 20.6 Å². The zero-order valence-electron chi connectivity index (χ0n) is 12.5. The zero-order chi connectivity index (χ0) is 15.7. The molecule has 0 amide bonds. The molecule has 0 aliphatic heterocycles. The number of methoxy groups -OCH3 is 1. The summed E-state index contributed by atoms with van der Waals surface area (Å²) in [6, 6.07) is 8.05. The highest BCUT2D eigenvalue weighted by Crippen LogP contribution is 2.29. The van der Waals surface area contributed by atoms with E-state index in [-0.39, 0.29) is 11.9 Å². The van der Waals surface area contributed by atoms with Crippen molar-refractivity contribution in [3.05, 3.63) is 47.5 Å². The summed E-state index contributed by atoms with van der Waals surface area (Å²) in [5, 5.41) is 15.5. The Kier molecular flexibility index (Phi) is 3.62. The fraction of sp³-hybridized carbons (Fsp3) is 0.267. The number of benzene rings is 1. The van der Waals surface area contributed by atoms with Crippen molar-refractivity contribution in [1.82, 2.24) is 19.8 Å². The second-order valence-corrected chi connectivity index (χ2v) is 4.96. The topological polar surface area (TPSA) is 64.3 Å². The predicted molar refractivity (Wildman–Crippen MR) is 80.5 cm³/mol. The number of nitrogens with one attached hydrogen (secondary N) is 1. The van der Waals surface area contributed by atoms with Gasteiger partial charge in [-0.3, -0.25) is 0 Å². The first-order valence-corrected chi connectivity index (χ1v) is 6.88. The highest BCUT2D eigenvalue weighted by Gasteiger charge is 2.17. The summed E-state index contributed by atoms with van der Waals surface area (Å²) in [6.07, 6.45) is 0. The van der Waals surface area contributed by atoms with Crippen LogP contribution in [0.1, 0.15) is 24.4 Å². The number of halogens is 1. The zero-order valence-corrected chi connectivity index (χ0v) is 12.5. The van der Waals surface area contributed by atoms with Gasteiger partial charge < -0.3 is 10.1 Å². The Morgan fingerprint density at radius 3 is 2.82 bits per heavy atom. The van der Waals surface area contributed by atoms with E-state index in [9.17, 15) is 4.39 Å². The number of hydrogen-bond donors (Lipinski definition) is 1. The average molecular weight is 301 g/mol. The van der Waals surface area contributed by atoms with Crippen LogP contribution < -0.4 is 10.1 Å². The molecule has 2 heterocycles. The van der Waals surface area contributed by atoms with Crippen LogP contribution in [0.15, 0.2) is 30.3 Å². The Balaban J connectivity index is 1.92. The Labute approximate surface area is 126 Å². The fourth-order valence-electron chi connectivity index (χ4n) is 2.38. The number of hydrogen-bond acceptors (Lipinski definition) is 5. The molecule has 7 heteroatoms. The molecule has 3 rings (SSSR count). The highest BCUT2D eigenvalue weighted by atomic mass is 19.1. The molecular formula is C15H16FN5O. The average Bonchev–Trinajstić information content (AvgIpc) is 2.88. The first-order chi connectivity index (χ1) is 10.6. The molecule has 22 heavy (non-hydrogen) atoms. The van der Waals surface area contributed by atoms with Crippen molar-refractivity contribution in [1.29, 1.82) is 0 Å². The van der Waals surface area contributed by atoms with E-state index >= 15 is 0 Å². The van der Waals surface area contributed by atoms with Crippen LogP contribution in [0.3, 0.4) is 0 Å². The van der Waals surface area contributed by atoms with E-state index in [4.69, 9.17) is 4.74 Å². The van der Waals surface area contributed by atoms with Crippen molar-refractivity contribution in [2.45, 2.75) is 19.9 Å². The number of aryl methyl sites for hydroxylation is 1. The monoisotopic (exact) mass is 301 g/mol. The maximum absolute atomic E-state index is 14.1. The molecule has 0 radical (unpaired) electrons. The van der Waals surface area contributed by atoms with Crippen molar-refractivity contribution in [3.63, 3.8) is 0 Å². The third kappa shape index (κ3) is 2.45. The van der Waals surface area contributed by atoms with E-state index in [0.29, 0.717) is 28.6 Å². The number of anilines is 1. The molecule has 1 N–H and O–H groups in total. The molecule has 1 aromatic carbocycles. The van der Waals surface area contributed by atoms with Gasteiger partial charge in [-0.25, -0.2) is 4.39 Å². The summed E-state index contributed by atoms with van der Waals surface area (Å²) < 4.78 is 21.0. The Bertz CT molecular complexity index is 817. The summed E-state index contributed by atoms with van der Waals surface area (Å²) in [6.45, 7) is 3.67. The lowest BCUT2D eigenvalue weighted by atomic mass is 10.1. The standard InChI is InChI=1S/C15H16FN5O/c1-9(15-11(16)5-4-6-12(15)22-3)17-13-7-8-14-19-18-10(2)21(14)20-13/h4-9H,1-3H3,(H,17,20)/t9-/m1/s1. The molecule has 0 aliphatic carbocycles. The van der Waals surface area contributed by atoms with Crippen LogP contribution in [0.2, 0.25) is 0 Å². The molecule has 114 valence electrons. The minimum Gasteiger partial charge on any atom is -0.496 e. The van der Waals surface area contributed by atoms with Gasteiger partial charge in [0, 0.05) is 0 Å². The van der Waals surface area contributed by atoms with E-state index in [1.54, 1.807) is 28.8 Å². The summed E-state index contributed by atoms with van der Waals surface area (Å²) in [5.41, 5.74) is 1.13. The van der Waals surface area contributed by atoms with Crippen LogP contribution in [0.25, 0.3) is 5.65 Å². The number of fused-ring (bicyclic) bond motifs is 1. The molecule has 6 nitrogen and oxygen atoms in total. The lowest BCUT2D eigenvalue weighted by molar-refractivity contribution is 0.402. The Hall–Kier alpha value is -2.70. The van der Waals surface area contributed by atoms with E-state index < -0.39 is 0 Å². The smallest absolute Gasteiger partial charge is 0.178 e. The third-order valence-electron chi connectivity index (χ3n) is 3.45. The molecule has 0 saturated heterocycles. The fourth-order valence-corrected chi connectivity index (χ4v) is 2.38. The van der Waals surface area contributed by atoms with Crippen molar-refractivity contribution < 1.29 is 9.13 Å². The number of nitrogens with zero attached hydrogens (tertiary/aromatic N) is 4. The van der Waals surface area contributed by atoms with Crippen LogP contribution in [-0.2, 0) is 0 Å². The second kappa shape index (κ2) is 5.59. The van der Waals surface area contributed by atoms with Gasteiger partial charge in [0.1, 0.15) is 17.4 Å². The maximum Gasteiger partial charge on any atom is 0.178 e. The normalized spacial score (nSPS) is 12.4. The molecule has 0 fully saturated rings. The van der Waals surface area contributed by atoms with E-state index in [1.165, 1.54) is 13.2 Å². The van der Waals surface area contributed by atoms with Crippen LogP contribution in [0.4, 0.5) is 10.2 Å². The lowest BCUT2D eigenvalue weighted by Gasteiger charge is -2.18. The van der Waals surface area contributed by atoms with Gasteiger partial charge in [-0.2, -0.15) is 4.52 Å². The number of rotatable bonds is 4. The molecule has 1 atom stereocenters. The van der Waals surface area contributed by atoms with Gasteiger partial charge in [-0.15, -0.1) is 15.3 Å². The first-order valence-electron chi connectivity index (χ1n) is 6.88. The van der Waals surface area contributed by atoms with Crippen molar-refractivity contribution in [2.24, 2.45) is 0 Å². The summed E-state index contributed by atoms with van der Waals surface area (Å²) >= 11 is 0. The Morgan fingerprint density at radius 1 is 1.23 bits per heavy atom. The molecule has 2 aromatic heterocycles. The van der Waals surface area contributed by atoms with Crippen LogP contribution in [0, 0.1) is 12.7 Å². The minimum absolute atomic E-state index is 0.308. The molecule has 0 spiro atoms. The van der Waals surface area contributed by atoms with Crippen LogP contribution in [0.5, 0.6) is 5.75 Å². The molecule has 3 aromatic rings. The lowest BCUT2D eigenvalue weighted by Crippen LogP contribution is -2.12. The van der Waals surface area contributed by atoms with Crippen LogP contribution >= 0.6 is 0 Å². The van der Waals surface area contributed by atoms with Gasteiger partial charge in [0.05, 0.1) is 18.7 Å². The van der Waals surface area contributed by atoms with Crippen molar-refractivity contribution in [3.8, 4) is 5.75 Å².